The van der Waals surface area contributed by atoms with Gasteiger partial charge in [-0.3, -0.25) is 4.79 Å². The van der Waals surface area contributed by atoms with E-state index in [1.54, 1.807) is 14.2 Å². The molecule has 0 atom stereocenters. The maximum atomic E-state index is 12.3. The number of anilines is 1. The second kappa shape index (κ2) is 4.13. The first-order valence-electron chi connectivity index (χ1n) is 6.51. The van der Waals surface area contributed by atoms with Gasteiger partial charge in [0.2, 0.25) is 5.91 Å². The number of benzene rings is 2. The van der Waals surface area contributed by atoms with Crippen LogP contribution in [0.3, 0.4) is 0 Å². The van der Waals surface area contributed by atoms with E-state index < -0.39 is 5.41 Å². The molecule has 0 saturated heterocycles. The van der Waals surface area contributed by atoms with E-state index in [2.05, 4.69) is 5.32 Å². The molecule has 4 heteroatoms. The highest BCUT2D eigenvalue weighted by molar-refractivity contribution is 6.16. The van der Waals surface area contributed by atoms with Crippen LogP contribution in [0.2, 0.25) is 0 Å². The molecule has 0 bridgehead atoms. The number of methoxy groups -OCH3 is 2. The minimum absolute atomic E-state index is 0.0239. The monoisotopic (exact) mass is 271 g/mol. The van der Waals surface area contributed by atoms with Crippen LogP contribution in [0.1, 0.15) is 19.4 Å². The van der Waals surface area contributed by atoms with E-state index >= 15 is 0 Å². The smallest absolute Gasteiger partial charge is 0.234 e. The van der Waals surface area contributed by atoms with Crippen molar-refractivity contribution in [2.24, 2.45) is 0 Å². The summed E-state index contributed by atoms with van der Waals surface area (Å²) in [6.45, 7) is 3.79. The van der Waals surface area contributed by atoms with Crippen LogP contribution in [0.5, 0.6) is 11.5 Å². The molecular formula is C16H17NO3. The van der Waals surface area contributed by atoms with Crippen molar-refractivity contribution in [1.29, 1.82) is 0 Å². The van der Waals surface area contributed by atoms with E-state index in [9.17, 15) is 4.79 Å². The maximum Gasteiger partial charge on any atom is 0.234 e. The molecule has 0 aliphatic carbocycles. The molecule has 1 amide bonds. The van der Waals surface area contributed by atoms with Crippen LogP contribution in [-0.4, -0.2) is 20.1 Å². The largest absolute Gasteiger partial charge is 0.492 e. The molecule has 1 aliphatic rings. The Labute approximate surface area is 117 Å². The minimum atomic E-state index is -0.641. The van der Waals surface area contributed by atoms with Gasteiger partial charge in [0.05, 0.1) is 25.3 Å². The fourth-order valence-electron chi connectivity index (χ4n) is 2.89. The topological polar surface area (TPSA) is 47.6 Å². The lowest BCUT2D eigenvalue weighted by molar-refractivity contribution is -0.119. The summed E-state index contributed by atoms with van der Waals surface area (Å²) in [5, 5.41) is 4.89. The molecule has 0 radical (unpaired) electrons. The first kappa shape index (κ1) is 12.8. The van der Waals surface area contributed by atoms with Gasteiger partial charge >= 0.3 is 0 Å². The zero-order chi connectivity index (χ0) is 14.5. The fourth-order valence-corrected chi connectivity index (χ4v) is 2.89. The number of hydrogen-bond donors (Lipinski definition) is 1. The Morgan fingerprint density at radius 3 is 2.20 bits per heavy atom. The number of fused-ring (bicyclic) bond motifs is 3. The van der Waals surface area contributed by atoms with Gasteiger partial charge < -0.3 is 14.8 Å². The van der Waals surface area contributed by atoms with Crippen molar-refractivity contribution in [2.45, 2.75) is 19.3 Å². The van der Waals surface area contributed by atoms with Crippen molar-refractivity contribution in [2.75, 3.05) is 19.5 Å². The summed E-state index contributed by atoms with van der Waals surface area (Å²) in [6, 6.07) is 7.84. The Morgan fingerprint density at radius 1 is 1.00 bits per heavy atom. The maximum absolute atomic E-state index is 12.3. The van der Waals surface area contributed by atoms with Crippen LogP contribution < -0.4 is 14.8 Å². The van der Waals surface area contributed by atoms with Gasteiger partial charge in [0, 0.05) is 16.3 Å². The number of nitrogens with one attached hydrogen (secondary N) is 1. The summed E-state index contributed by atoms with van der Waals surface area (Å²) in [6.07, 6.45) is 0. The lowest BCUT2D eigenvalue weighted by atomic mass is 9.84. The van der Waals surface area contributed by atoms with Crippen molar-refractivity contribution in [1.82, 2.24) is 0 Å². The van der Waals surface area contributed by atoms with Crippen molar-refractivity contribution in [3.05, 3.63) is 29.8 Å². The normalized spacial score (nSPS) is 15.9. The van der Waals surface area contributed by atoms with Crippen LogP contribution in [0.4, 0.5) is 5.69 Å². The third-order valence-corrected chi connectivity index (χ3v) is 3.96. The molecule has 0 unspecified atom stereocenters. The quantitative estimate of drug-likeness (QED) is 0.913. The highest BCUT2D eigenvalue weighted by Gasteiger charge is 2.43. The van der Waals surface area contributed by atoms with Crippen LogP contribution in [0.15, 0.2) is 24.3 Å². The Morgan fingerprint density at radius 2 is 1.60 bits per heavy atom. The average molecular weight is 271 g/mol. The van der Waals surface area contributed by atoms with Gasteiger partial charge in [-0.25, -0.2) is 0 Å². The molecule has 0 aromatic heterocycles. The summed E-state index contributed by atoms with van der Waals surface area (Å²) in [7, 11) is 3.22. The SMILES string of the molecule is COc1c2c(c3ccccc3c1OC)NC(=O)C2(C)C. The number of hydrogen-bond acceptors (Lipinski definition) is 3. The standard InChI is InChI=1S/C16H17NO3/c1-16(2)11-12(17-15(16)18)9-7-5-6-8-10(9)13(19-3)14(11)20-4/h5-8H,1-4H3,(H,17,18). The van der Waals surface area contributed by atoms with Crippen LogP contribution >= 0.6 is 0 Å². The molecule has 104 valence electrons. The number of ether oxygens (including phenoxy) is 2. The van der Waals surface area contributed by atoms with Gasteiger partial charge in [-0.1, -0.05) is 24.3 Å². The van der Waals surface area contributed by atoms with E-state index in [1.807, 2.05) is 38.1 Å². The molecule has 20 heavy (non-hydrogen) atoms. The zero-order valence-corrected chi connectivity index (χ0v) is 12.0. The Balaban J connectivity index is 2.52. The van der Waals surface area contributed by atoms with Crippen molar-refractivity contribution in [3.63, 3.8) is 0 Å². The molecular weight excluding hydrogens is 254 g/mol. The molecule has 3 rings (SSSR count). The van der Waals surface area contributed by atoms with Crippen molar-refractivity contribution >= 4 is 22.4 Å². The van der Waals surface area contributed by atoms with Gasteiger partial charge in [0.1, 0.15) is 0 Å². The van der Waals surface area contributed by atoms with E-state index in [4.69, 9.17) is 9.47 Å². The van der Waals surface area contributed by atoms with Crippen LogP contribution in [-0.2, 0) is 10.2 Å². The minimum Gasteiger partial charge on any atom is -0.492 e. The number of carbonyl (C=O) groups excluding carboxylic acids is 1. The molecule has 2 aromatic carbocycles. The second-order valence-corrected chi connectivity index (χ2v) is 5.44. The molecule has 0 saturated carbocycles. The van der Waals surface area contributed by atoms with Gasteiger partial charge in [0.15, 0.2) is 11.5 Å². The van der Waals surface area contributed by atoms with E-state index in [1.165, 1.54) is 0 Å². The Hall–Kier alpha value is -2.23. The van der Waals surface area contributed by atoms with Crippen LogP contribution in [0.25, 0.3) is 10.8 Å². The first-order valence-corrected chi connectivity index (χ1v) is 6.51. The Bertz CT molecular complexity index is 719. The summed E-state index contributed by atoms with van der Waals surface area (Å²) in [5.41, 5.74) is 1.05. The number of rotatable bonds is 2. The second-order valence-electron chi connectivity index (χ2n) is 5.44. The fraction of sp³-hybridized carbons (Fsp3) is 0.312. The third-order valence-electron chi connectivity index (χ3n) is 3.96. The summed E-state index contributed by atoms with van der Waals surface area (Å²) in [5.74, 6) is 1.28. The Kier molecular flexibility index (Phi) is 2.64. The average Bonchev–Trinajstić information content (AvgIpc) is 2.68. The summed E-state index contributed by atoms with van der Waals surface area (Å²) in [4.78, 5) is 12.3. The van der Waals surface area contributed by atoms with Crippen molar-refractivity contribution in [3.8, 4) is 11.5 Å². The van der Waals surface area contributed by atoms with E-state index in [0.717, 1.165) is 22.0 Å². The molecule has 2 aromatic rings. The predicted molar refractivity (Wildman–Crippen MR) is 78.7 cm³/mol. The van der Waals surface area contributed by atoms with Gasteiger partial charge in [-0.2, -0.15) is 0 Å². The summed E-state index contributed by atoms with van der Waals surface area (Å²) >= 11 is 0. The van der Waals surface area contributed by atoms with E-state index in [-0.39, 0.29) is 5.91 Å². The lowest BCUT2D eigenvalue weighted by Gasteiger charge is -2.21. The predicted octanol–water partition coefficient (Wildman–Crippen LogP) is 3.09. The molecule has 0 fully saturated rings. The van der Waals surface area contributed by atoms with Crippen molar-refractivity contribution < 1.29 is 14.3 Å². The highest BCUT2D eigenvalue weighted by Crippen LogP contribution is 2.52. The molecule has 1 heterocycles. The molecule has 0 spiro atoms. The molecule has 1 aliphatic heterocycles. The third kappa shape index (κ3) is 1.45. The van der Waals surface area contributed by atoms with Gasteiger partial charge in [-0.05, 0) is 13.8 Å². The zero-order valence-electron chi connectivity index (χ0n) is 12.0. The van der Waals surface area contributed by atoms with Gasteiger partial charge in [-0.15, -0.1) is 0 Å². The van der Waals surface area contributed by atoms with E-state index in [0.29, 0.717) is 11.5 Å². The highest BCUT2D eigenvalue weighted by atomic mass is 16.5. The first-order chi connectivity index (χ1) is 9.52. The summed E-state index contributed by atoms with van der Waals surface area (Å²) < 4.78 is 11.1. The number of amides is 1. The number of carbonyl (C=O) groups is 1. The molecule has 4 nitrogen and oxygen atoms in total. The van der Waals surface area contributed by atoms with Crippen LogP contribution in [0, 0.1) is 0 Å². The van der Waals surface area contributed by atoms with Gasteiger partial charge in [0.25, 0.3) is 0 Å². The lowest BCUT2D eigenvalue weighted by Crippen LogP contribution is -2.27. The molecule has 1 N–H and O–H groups in total.